The first-order chi connectivity index (χ1) is 8.22. The number of hydrogen-bond donors (Lipinski definition) is 1. The molecule has 0 spiro atoms. The Bertz CT molecular complexity index is 505. The average Bonchev–Trinajstić information content (AvgIpc) is 2.78. The van der Waals surface area contributed by atoms with Gasteiger partial charge in [-0.25, -0.2) is 9.37 Å². The standard InChI is InChI=1S/C13H16FN3/c1-3-17-8-7-15-13(17)9-16-12-6-4-5-11(14)10(12)2/h4-8,16H,3,9H2,1-2H3. The Balaban J connectivity index is 2.10. The largest absolute Gasteiger partial charge is 0.378 e. The molecule has 0 radical (unpaired) electrons. The molecule has 1 aromatic carbocycles. The molecule has 1 heterocycles. The molecule has 4 heteroatoms. The lowest BCUT2D eigenvalue weighted by atomic mass is 10.2. The van der Waals surface area contributed by atoms with E-state index in [1.807, 2.05) is 12.3 Å². The zero-order chi connectivity index (χ0) is 12.3. The highest BCUT2D eigenvalue weighted by molar-refractivity contribution is 5.50. The summed E-state index contributed by atoms with van der Waals surface area (Å²) in [6, 6.07) is 5.04. The van der Waals surface area contributed by atoms with Crippen LogP contribution in [0.15, 0.2) is 30.6 Å². The van der Waals surface area contributed by atoms with Crippen molar-refractivity contribution in [1.29, 1.82) is 0 Å². The molecule has 3 nitrogen and oxygen atoms in total. The van der Waals surface area contributed by atoms with Crippen molar-refractivity contribution in [3.8, 4) is 0 Å². The second kappa shape index (κ2) is 4.99. The van der Waals surface area contributed by atoms with E-state index in [9.17, 15) is 4.39 Å². The SMILES string of the molecule is CCn1ccnc1CNc1cccc(F)c1C. The van der Waals surface area contributed by atoms with E-state index < -0.39 is 0 Å². The molecule has 90 valence electrons. The van der Waals surface area contributed by atoms with Gasteiger partial charge in [0.1, 0.15) is 11.6 Å². The fourth-order valence-corrected chi connectivity index (χ4v) is 1.77. The van der Waals surface area contributed by atoms with Gasteiger partial charge < -0.3 is 9.88 Å². The summed E-state index contributed by atoms with van der Waals surface area (Å²) in [4.78, 5) is 4.26. The van der Waals surface area contributed by atoms with Gasteiger partial charge in [0.15, 0.2) is 0 Å². The van der Waals surface area contributed by atoms with E-state index in [0.717, 1.165) is 18.1 Å². The van der Waals surface area contributed by atoms with Gasteiger partial charge >= 0.3 is 0 Å². The fraction of sp³-hybridized carbons (Fsp3) is 0.308. The molecule has 0 atom stereocenters. The van der Waals surface area contributed by atoms with Crippen molar-refractivity contribution in [3.63, 3.8) is 0 Å². The van der Waals surface area contributed by atoms with Crippen LogP contribution in [-0.4, -0.2) is 9.55 Å². The predicted molar refractivity (Wildman–Crippen MR) is 66.4 cm³/mol. The van der Waals surface area contributed by atoms with Gasteiger partial charge in [-0.1, -0.05) is 6.07 Å². The van der Waals surface area contributed by atoms with Crippen LogP contribution in [0.1, 0.15) is 18.3 Å². The Kier molecular flexibility index (Phi) is 3.42. The Labute approximate surface area is 100 Å². The minimum Gasteiger partial charge on any atom is -0.378 e. The van der Waals surface area contributed by atoms with Crippen LogP contribution in [0.3, 0.4) is 0 Å². The topological polar surface area (TPSA) is 29.9 Å². The zero-order valence-corrected chi connectivity index (χ0v) is 10.1. The number of rotatable bonds is 4. The molecule has 0 bridgehead atoms. The van der Waals surface area contributed by atoms with Crippen LogP contribution in [0.4, 0.5) is 10.1 Å². The van der Waals surface area contributed by atoms with Crippen LogP contribution in [0.5, 0.6) is 0 Å². The second-order valence-electron chi connectivity index (χ2n) is 3.90. The van der Waals surface area contributed by atoms with Gasteiger partial charge in [-0.15, -0.1) is 0 Å². The lowest BCUT2D eigenvalue weighted by molar-refractivity contribution is 0.619. The maximum Gasteiger partial charge on any atom is 0.128 e. The predicted octanol–water partition coefficient (Wildman–Crippen LogP) is 2.96. The Hall–Kier alpha value is -1.84. The quantitative estimate of drug-likeness (QED) is 0.879. The number of anilines is 1. The van der Waals surface area contributed by atoms with Crippen molar-refractivity contribution in [2.24, 2.45) is 0 Å². The van der Waals surface area contributed by atoms with E-state index >= 15 is 0 Å². The number of imidazole rings is 1. The van der Waals surface area contributed by atoms with Gasteiger partial charge in [0.25, 0.3) is 0 Å². The summed E-state index contributed by atoms with van der Waals surface area (Å²) in [5.41, 5.74) is 1.46. The Morgan fingerprint density at radius 1 is 1.41 bits per heavy atom. The molecule has 0 unspecified atom stereocenters. The molecule has 0 aliphatic carbocycles. The van der Waals surface area contributed by atoms with Gasteiger partial charge in [-0.3, -0.25) is 0 Å². The van der Waals surface area contributed by atoms with Crippen molar-refractivity contribution in [2.75, 3.05) is 5.32 Å². The zero-order valence-electron chi connectivity index (χ0n) is 10.1. The molecule has 1 aromatic heterocycles. The molecule has 0 aliphatic rings. The maximum absolute atomic E-state index is 13.3. The summed E-state index contributed by atoms with van der Waals surface area (Å²) < 4.78 is 15.4. The lowest BCUT2D eigenvalue weighted by Gasteiger charge is -2.10. The third-order valence-corrected chi connectivity index (χ3v) is 2.85. The van der Waals surface area contributed by atoms with Crippen LogP contribution < -0.4 is 5.32 Å². The van der Waals surface area contributed by atoms with Crippen molar-refractivity contribution >= 4 is 5.69 Å². The first-order valence-electron chi connectivity index (χ1n) is 5.71. The van der Waals surface area contributed by atoms with E-state index in [0.29, 0.717) is 12.1 Å². The number of nitrogens with one attached hydrogen (secondary N) is 1. The lowest BCUT2D eigenvalue weighted by Crippen LogP contribution is -2.08. The van der Waals surface area contributed by atoms with Crippen LogP contribution >= 0.6 is 0 Å². The smallest absolute Gasteiger partial charge is 0.128 e. The highest BCUT2D eigenvalue weighted by atomic mass is 19.1. The van der Waals surface area contributed by atoms with Gasteiger partial charge in [0.2, 0.25) is 0 Å². The van der Waals surface area contributed by atoms with E-state index in [1.165, 1.54) is 6.07 Å². The molecular weight excluding hydrogens is 217 g/mol. The third-order valence-electron chi connectivity index (χ3n) is 2.85. The Morgan fingerprint density at radius 2 is 2.24 bits per heavy atom. The molecule has 0 amide bonds. The number of hydrogen-bond acceptors (Lipinski definition) is 2. The monoisotopic (exact) mass is 233 g/mol. The van der Waals surface area contributed by atoms with Crippen molar-refractivity contribution in [3.05, 3.63) is 47.8 Å². The van der Waals surface area contributed by atoms with Crippen molar-refractivity contribution in [2.45, 2.75) is 26.9 Å². The van der Waals surface area contributed by atoms with Crippen LogP contribution in [0.2, 0.25) is 0 Å². The van der Waals surface area contributed by atoms with E-state index in [1.54, 1.807) is 19.2 Å². The first-order valence-corrected chi connectivity index (χ1v) is 5.71. The highest BCUT2D eigenvalue weighted by Crippen LogP contribution is 2.17. The molecule has 1 N–H and O–H groups in total. The number of halogens is 1. The minimum atomic E-state index is -0.186. The normalized spacial score (nSPS) is 10.5. The number of aryl methyl sites for hydroxylation is 1. The van der Waals surface area contributed by atoms with Crippen molar-refractivity contribution < 1.29 is 4.39 Å². The van der Waals surface area contributed by atoms with Crippen LogP contribution in [0, 0.1) is 12.7 Å². The summed E-state index contributed by atoms with van der Waals surface area (Å²) in [7, 11) is 0. The summed E-state index contributed by atoms with van der Waals surface area (Å²) in [6.45, 7) is 5.33. The summed E-state index contributed by atoms with van der Waals surface area (Å²) in [6.07, 6.45) is 3.72. The molecule has 0 saturated carbocycles. The van der Waals surface area contributed by atoms with E-state index in [4.69, 9.17) is 0 Å². The van der Waals surface area contributed by atoms with E-state index in [-0.39, 0.29) is 5.82 Å². The molecule has 17 heavy (non-hydrogen) atoms. The first kappa shape index (κ1) is 11.6. The molecular formula is C13H16FN3. The molecule has 0 saturated heterocycles. The molecule has 0 aliphatic heterocycles. The second-order valence-corrected chi connectivity index (χ2v) is 3.90. The van der Waals surface area contributed by atoms with Gasteiger partial charge in [0.05, 0.1) is 6.54 Å². The fourth-order valence-electron chi connectivity index (χ4n) is 1.77. The molecule has 2 aromatic rings. The highest BCUT2D eigenvalue weighted by Gasteiger charge is 2.05. The number of benzene rings is 1. The Morgan fingerprint density at radius 3 is 3.00 bits per heavy atom. The third kappa shape index (κ3) is 2.46. The molecule has 0 fully saturated rings. The minimum absolute atomic E-state index is 0.186. The summed E-state index contributed by atoms with van der Waals surface area (Å²) in [5.74, 6) is 0.769. The van der Waals surface area contributed by atoms with Crippen LogP contribution in [-0.2, 0) is 13.1 Å². The number of aromatic nitrogens is 2. The molecule has 2 rings (SSSR count). The van der Waals surface area contributed by atoms with Gasteiger partial charge in [-0.2, -0.15) is 0 Å². The number of nitrogens with zero attached hydrogens (tertiary/aromatic N) is 2. The average molecular weight is 233 g/mol. The van der Waals surface area contributed by atoms with Gasteiger partial charge in [0, 0.05) is 30.2 Å². The maximum atomic E-state index is 13.3. The summed E-state index contributed by atoms with van der Waals surface area (Å²) in [5, 5.41) is 3.21. The van der Waals surface area contributed by atoms with E-state index in [2.05, 4.69) is 21.8 Å². The van der Waals surface area contributed by atoms with Crippen molar-refractivity contribution in [1.82, 2.24) is 9.55 Å². The van der Waals surface area contributed by atoms with Gasteiger partial charge in [-0.05, 0) is 26.0 Å². The summed E-state index contributed by atoms with van der Waals surface area (Å²) >= 11 is 0. The van der Waals surface area contributed by atoms with Crippen LogP contribution in [0.25, 0.3) is 0 Å².